The zero-order chi connectivity index (χ0) is 15.4. The summed E-state index contributed by atoms with van der Waals surface area (Å²) >= 11 is 0. The molecular formula is C19H18N2O. The maximum atomic E-state index is 12.3. The van der Waals surface area contributed by atoms with Crippen molar-refractivity contribution in [3.63, 3.8) is 0 Å². The van der Waals surface area contributed by atoms with Gasteiger partial charge in [0, 0.05) is 7.05 Å². The summed E-state index contributed by atoms with van der Waals surface area (Å²) in [7, 11) is 1.84. The molecule has 0 saturated heterocycles. The van der Waals surface area contributed by atoms with Crippen LogP contribution in [0.1, 0.15) is 5.56 Å². The summed E-state index contributed by atoms with van der Waals surface area (Å²) in [5, 5.41) is 4.03. The number of carbonyl (C=O) groups excluding carboxylic acids is 1. The van der Waals surface area contributed by atoms with Crippen molar-refractivity contribution in [3.05, 3.63) is 78.4 Å². The lowest BCUT2D eigenvalue weighted by atomic mass is 10.0. The number of rotatable bonds is 4. The van der Waals surface area contributed by atoms with Gasteiger partial charge in [-0.05, 0) is 28.5 Å². The first-order valence-corrected chi connectivity index (χ1v) is 7.29. The average molecular weight is 290 g/mol. The van der Waals surface area contributed by atoms with Crippen LogP contribution in [0.15, 0.2) is 72.8 Å². The van der Waals surface area contributed by atoms with Crippen LogP contribution in [0, 0.1) is 0 Å². The van der Waals surface area contributed by atoms with Crippen LogP contribution in [0.3, 0.4) is 0 Å². The van der Waals surface area contributed by atoms with E-state index in [2.05, 4.69) is 23.6 Å². The SMILES string of the molecule is CN(NC(=O)Cc1cccc2ccccc12)c1ccccc1. The molecule has 3 rings (SSSR count). The zero-order valence-corrected chi connectivity index (χ0v) is 12.5. The maximum absolute atomic E-state index is 12.3. The van der Waals surface area contributed by atoms with Gasteiger partial charge < -0.3 is 0 Å². The molecule has 0 bridgehead atoms. The highest BCUT2D eigenvalue weighted by atomic mass is 16.2. The Balaban J connectivity index is 1.74. The third kappa shape index (κ3) is 3.09. The monoisotopic (exact) mass is 290 g/mol. The van der Waals surface area contributed by atoms with Gasteiger partial charge in [0.25, 0.3) is 0 Å². The van der Waals surface area contributed by atoms with E-state index in [9.17, 15) is 4.79 Å². The van der Waals surface area contributed by atoms with E-state index >= 15 is 0 Å². The molecule has 22 heavy (non-hydrogen) atoms. The van der Waals surface area contributed by atoms with Crippen LogP contribution in [-0.4, -0.2) is 13.0 Å². The van der Waals surface area contributed by atoms with Gasteiger partial charge in [-0.2, -0.15) is 0 Å². The van der Waals surface area contributed by atoms with Crippen LogP contribution in [0.4, 0.5) is 5.69 Å². The Morgan fingerprint density at radius 1 is 0.909 bits per heavy atom. The fraction of sp³-hybridized carbons (Fsp3) is 0.105. The lowest BCUT2D eigenvalue weighted by Gasteiger charge is -2.20. The minimum atomic E-state index is -0.0253. The van der Waals surface area contributed by atoms with Gasteiger partial charge in [0.05, 0.1) is 12.1 Å². The van der Waals surface area contributed by atoms with Crippen LogP contribution < -0.4 is 10.4 Å². The molecule has 0 fully saturated rings. The quantitative estimate of drug-likeness (QED) is 0.745. The van der Waals surface area contributed by atoms with E-state index < -0.39 is 0 Å². The lowest BCUT2D eigenvalue weighted by molar-refractivity contribution is -0.120. The number of anilines is 1. The van der Waals surface area contributed by atoms with Crippen molar-refractivity contribution in [1.82, 2.24) is 5.43 Å². The average Bonchev–Trinajstić information content (AvgIpc) is 2.56. The molecule has 0 radical (unpaired) electrons. The van der Waals surface area contributed by atoms with E-state index in [1.165, 1.54) is 0 Å². The van der Waals surface area contributed by atoms with E-state index in [0.717, 1.165) is 22.0 Å². The van der Waals surface area contributed by atoms with E-state index in [1.54, 1.807) is 5.01 Å². The number of hydrazine groups is 1. The second kappa shape index (κ2) is 6.31. The summed E-state index contributed by atoms with van der Waals surface area (Å²) in [5.74, 6) is -0.0253. The Bertz CT molecular complexity index is 778. The molecule has 0 aromatic heterocycles. The van der Waals surface area contributed by atoms with Crippen molar-refractivity contribution >= 4 is 22.4 Å². The number of benzene rings is 3. The number of nitrogens with zero attached hydrogens (tertiary/aromatic N) is 1. The molecule has 0 heterocycles. The molecule has 3 aromatic carbocycles. The summed E-state index contributed by atoms with van der Waals surface area (Å²) in [6.45, 7) is 0. The van der Waals surface area contributed by atoms with Crippen LogP contribution in [0.25, 0.3) is 10.8 Å². The number of para-hydroxylation sites is 1. The Labute approximate surface area is 130 Å². The number of hydrogen-bond donors (Lipinski definition) is 1. The molecule has 0 aliphatic heterocycles. The van der Waals surface area contributed by atoms with Crippen LogP contribution in [0.2, 0.25) is 0 Å². The molecule has 0 aliphatic rings. The smallest absolute Gasteiger partial charge is 0.242 e. The van der Waals surface area contributed by atoms with Gasteiger partial charge in [-0.25, -0.2) is 0 Å². The summed E-state index contributed by atoms with van der Waals surface area (Å²) in [5.41, 5.74) is 4.90. The van der Waals surface area contributed by atoms with Gasteiger partial charge >= 0.3 is 0 Å². The van der Waals surface area contributed by atoms with Gasteiger partial charge in [-0.1, -0.05) is 60.7 Å². The fourth-order valence-electron chi connectivity index (χ4n) is 2.56. The molecule has 0 unspecified atom stereocenters. The molecular weight excluding hydrogens is 272 g/mol. The van der Waals surface area contributed by atoms with Crippen LogP contribution in [-0.2, 0) is 11.2 Å². The first-order valence-electron chi connectivity index (χ1n) is 7.29. The molecule has 1 N–H and O–H groups in total. The van der Waals surface area contributed by atoms with Gasteiger partial charge in [-0.15, -0.1) is 0 Å². The number of carbonyl (C=O) groups is 1. The highest BCUT2D eigenvalue weighted by molar-refractivity contribution is 5.90. The van der Waals surface area contributed by atoms with E-state index in [1.807, 2.05) is 61.6 Å². The Kier molecular flexibility index (Phi) is 4.05. The van der Waals surface area contributed by atoms with Crippen molar-refractivity contribution in [2.24, 2.45) is 0 Å². The number of nitrogens with one attached hydrogen (secondary N) is 1. The largest absolute Gasteiger partial charge is 0.289 e. The summed E-state index contributed by atoms with van der Waals surface area (Å²) in [6.07, 6.45) is 0.360. The number of amides is 1. The van der Waals surface area contributed by atoms with E-state index in [0.29, 0.717) is 6.42 Å². The minimum absolute atomic E-state index is 0.0253. The predicted octanol–water partition coefficient (Wildman–Crippen LogP) is 3.55. The number of fused-ring (bicyclic) bond motifs is 1. The van der Waals surface area contributed by atoms with Gasteiger partial charge in [0.15, 0.2) is 0 Å². The van der Waals surface area contributed by atoms with Crippen molar-refractivity contribution in [3.8, 4) is 0 Å². The lowest BCUT2D eigenvalue weighted by Crippen LogP contribution is -2.40. The normalized spacial score (nSPS) is 10.4. The van der Waals surface area contributed by atoms with Gasteiger partial charge in [0.1, 0.15) is 0 Å². The third-order valence-corrected chi connectivity index (χ3v) is 3.67. The summed E-state index contributed by atoms with van der Waals surface area (Å²) in [6, 6.07) is 23.9. The second-order valence-corrected chi connectivity index (χ2v) is 5.24. The molecule has 3 nitrogen and oxygen atoms in total. The Hall–Kier alpha value is -2.81. The summed E-state index contributed by atoms with van der Waals surface area (Å²) in [4.78, 5) is 12.3. The Morgan fingerprint density at radius 3 is 2.41 bits per heavy atom. The van der Waals surface area contributed by atoms with Crippen LogP contribution >= 0.6 is 0 Å². The summed E-state index contributed by atoms with van der Waals surface area (Å²) < 4.78 is 0. The minimum Gasteiger partial charge on any atom is -0.289 e. The van der Waals surface area contributed by atoms with Gasteiger partial charge in [0.2, 0.25) is 5.91 Å². The molecule has 3 heteroatoms. The highest BCUT2D eigenvalue weighted by Crippen LogP contribution is 2.19. The first kappa shape index (κ1) is 14.1. The number of hydrogen-bond acceptors (Lipinski definition) is 2. The maximum Gasteiger partial charge on any atom is 0.242 e. The molecule has 110 valence electrons. The topological polar surface area (TPSA) is 32.3 Å². The zero-order valence-electron chi connectivity index (χ0n) is 12.5. The molecule has 0 atom stereocenters. The molecule has 0 saturated carbocycles. The molecule has 0 spiro atoms. The second-order valence-electron chi connectivity index (χ2n) is 5.24. The Morgan fingerprint density at radius 2 is 1.59 bits per heavy atom. The standard InChI is InChI=1S/C19H18N2O/c1-21(17-11-3-2-4-12-17)20-19(22)14-16-10-7-9-15-8-5-6-13-18(15)16/h2-13H,14H2,1H3,(H,20,22). The molecule has 1 amide bonds. The fourth-order valence-corrected chi connectivity index (χ4v) is 2.56. The van der Waals surface area contributed by atoms with Crippen molar-refractivity contribution < 1.29 is 4.79 Å². The predicted molar refractivity (Wildman–Crippen MR) is 90.6 cm³/mol. The van der Waals surface area contributed by atoms with E-state index in [-0.39, 0.29) is 5.91 Å². The first-order chi connectivity index (χ1) is 10.7. The van der Waals surface area contributed by atoms with Crippen LogP contribution in [0.5, 0.6) is 0 Å². The van der Waals surface area contributed by atoms with Crippen molar-refractivity contribution in [2.45, 2.75) is 6.42 Å². The molecule has 3 aromatic rings. The van der Waals surface area contributed by atoms with Gasteiger partial charge in [-0.3, -0.25) is 15.2 Å². The van der Waals surface area contributed by atoms with Crippen molar-refractivity contribution in [1.29, 1.82) is 0 Å². The molecule has 0 aliphatic carbocycles. The van der Waals surface area contributed by atoms with E-state index in [4.69, 9.17) is 0 Å². The third-order valence-electron chi connectivity index (χ3n) is 3.67. The highest BCUT2D eigenvalue weighted by Gasteiger charge is 2.09. The van der Waals surface area contributed by atoms with Crippen molar-refractivity contribution in [2.75, 3.05) is 12.1 Å².